The minimum absolute atomic E-state index is 0.330. The van der Waals surface area contributed by atoms with E-state index in [0.29, 0.717) is 25.9 Å². The zero-order chi connectivity index (χ0) is 14.8. The molecule has 2 heterocycles. The lowest BCUT2D eigenvalue weighted by atomic mass is 10.00. The Balaban J connectivity index is 2.02. The standard InChI is InChI=1S/C14H19N3O3/c1-10-8-15-6-4-11(10)9-16-13(20)17-7-3-5-14(17,2)12(18)19/h4,6,8H,3,5,7,9H2,1-2H3,(H,16,20)(H,18,19). The fraction of sp³-hybridized carbons (Fsp3) is 0.500. The number of carbonyl (C=O) groups is 2. The molecule has 1 aromatic rings. The molecule has 6 nitrogen and oxygen atoms in total. The maximum atomic E-state index is 12.2. The first-order valence-corrected chi connectivity index (χ1v) is 6.63. The Labute approximate surface area is 117 Å². The highest BCUT2D eigenvalue weighted by Crippen LogP contribution is 2.29. The molecule has 0 aromatic carbocycles. The highest BCUT2D eigenvalue weighted by molar-refractivity contribution is 5.86. The summed E-state index contributed by atoms with van der Waals surface area (Å²) in [6.07, 6.45) is 4.61. The Morgan fingerprint density at radius 2 is 2.30 bits per heavy atom. The molecular formula is C14H19N3O3. The molecule has 0 aliphatic carbocycles. The van der Waals surface area contributed by atoms with Crippen molar-refractivity contribution in [3.05, 3.63) is 29.6 Å². The first-order chi connectivity index (χ1) is 9.45. The van der Waals surface area contributed by atoms with E-state index in [0.717, 1.165) is 11.1 Å². The van der Waals surface area contributed by atoms with Crippen LogP contribution in [-0.4, -0.2) is 39.1 Å². The number of aromatic nitrogens is 1. The Hall–Kier alpha value is -2.11. The van der Waals surface area contributed by atoms with E-state index in [1.54, 1.807) is 19.3 Å². The predicted octanol–water partition coefficient (Wildman–Crippen LogP) is 1.54. The molecule has 1 aromatic heterocycles. The summed E-state index contributed by atoms with van der Waals surface area (Å²) in [7, 11) is 0. The van der Waals surface area contributed by atoms with Gasteiger partial charge in [-0.25, -0.2) is 9.59 Å². The second-order valence-corrected chi connectivity index (χ2v) is 5.30. The number of rotatable bonds is 3. The number of urea groups is 1. The van der Waals surface area contributed by atoms with Gasteiger partial charge in [-0.15, -0.1) is 0 Å². The zero-order valence-electron chi connectivity index (χ0n) is 11.7. The van der Waals surface area contributed by atoms with Crippen molar-refractivity contribution >= 4 is 12.0 Å². The average Bonchev–Trinajstić information content (AvgIpc) is 2.81. The van der Waals surface area contributed by atoms with Crippen LogP contribution < -0.4 is 5.32 Å². The van der Waals surface area contributed by atoms with Gasteiger partial charge < -0.3 is 15.3 Å². The third-order valence-corrected chi connectivity index (χ3v) is 3.91. The number of carbonyl (C=O) groups excluding carboxylic acids is 1. The lowest BCUT2D eigenvalue weighted by Crippen LogP contribution is -2.53. The molecule has 1 aliphatic heterocycles. The number of nitrogens with one attached hydrogen (secondary N) is 1. The summed E-state index contributed by atoms with van der Waals surface area (Å²) in [5, 5.41) is 12.1. The average molecular weight is 277 g/mol. The summed E-state index contributed by atoms with van der Waals surface area (Å²) in [6.45, 7) is 4.37. The molecule has 2 rings (SSSR count). The Bertz CT molecular complexity index is 532. The number of aryl methyl sites for hydroxylation is 1. The molecule has 0 saturated carbocycles. The largest absolute Gasteiger partial charge is 0.480 e. The van der Waals surface area contributed by atoms with E-state index in [4.69, 9.17) is 0 Å². The monoisotopic (exact) mass is 277 g/mol. The number of pyridine rings is 1. The van der Waals surface area contributed by atoms with E-state index >= 15 is 0 Å². The van der Waals surface area contributed by atoms with Crippen molar-refractivity contribution in [3.63, 3.8) is 0 Å². The van der Waals surface area contributed by atoms with Crippen molar-refractivity contribution in [2.45, 2.75) is 38.8 Å². The van der Waals surface area contributed by atoms with E-state index in [2.05, 4.69) is 10.3 Å². The molecule has 0 radical (unpaired) electrons. The van der Waals surface area contributed by atoms with Crippen LogP contribution in [-0.2, 0) is 11.3 Å². The number of carboxylic acids is 1. The summed E-state index contributed by atoms with van der Waals surface area (Å²) >= 11 is 0. The van der Waals surface area contributed by atoms with Gasteiger partial charge in [-0.1, -0.05) is 0 Å². The molecule has 6 heteroatoms. The van der Waals surface area contributed by atoms with Crippen LogP contribution in [0.4, 0.5) is 4.79 Å². The summed E-state index contributed by atoms with van der Waals surface area (Å²) in [6, 6.07) is 1.51. The summed E-state index contributed by atoms with van der Waals surface area (Å²) in [5.74, 6) is -0.953. The van der Waals surface area contributed by atoms with Crippen LogP contribution >= 0.6 is 0 Å². The molecule has 2 amide bonds. The molecule has 0 spiro atoms. The number of hydrogen-bond donors (Lipinski definition) is 2. The Kier molecular flexibility index (Phi) is 3.92. The van der Waals surface area contributed by atoms with Crippen molar-refractivity contribution in [1.29, 1.82) is 0 Å². The van der Waals surface area contributed by atoms with E-state index < -0.39 is 11.5 Å². The maximum Gasteiger partial charge on any atom is 0.329 e. The zero-order valence-corrected chi connectivity index (χ0v) is 11.7. The highest BCUT2D eigenvalue weighted by Gasteiger charge is 2.45. The SMILES string of the molecule is Cc1cnccc1CNC(=O)N1CCCC1(C)C(=O)O. The van der Waals surface area contributed by atoms with Crippen LogP contribution in [0.15, 0.2) is 18.5 Å². The van der Waals surface area contributed by atoms with Crippen LogP contribution in [0, 0.1) is 6.92 Å². The van der Waals surface area contributed by atoms with Crippen LogP contribution in [0.5, 0.6) is 0 Å². The maximum absolute atomic E-state index is 12.2. The molecule has 2 N–H and O–H groups in total. The minimum atomic E-state index is -1.10. The van der Waals surface area contributed by atoms with Gasteiger partial charge in [0.1, 0.15) is 5.54 Å². The van der Waals surface area contributed by atoms with Crippen molar-refractivity contribution in [3.8, 4) is 0 Å². The Morgan fingerprint density at radius 1 is 1.55 bits per heavy atom. The molecule has 108 valence electrons. The van der Waals surface area contributed by atoms with Gasteiger partial charge in [-0.3, -0.25) is 4.98 Å². The molecule has 1 aliphatic rings. The molecule has 0 bridgehead atoms. The fourth-order valence-corrected chi connectivity index (χ4v) is 2.48. The van der Waals surface area contributed by atoms with Gasteiger partial charge >= 0.3 is 12.0 Å². The summed E-state index contributed by atoms with van der Waals surface area (Å²) < 4.78 is 0. The van der Waals surface area contributed by atoms with Crippen molar-refractivity contribution in [1.82, 2.24) is 15.2 Å². The van der Waals surface area contributed by atoms with Gasteiger partial charge in [0.05, 0.1) is 0 Å². The van der Waals surface area contributed by atoms with E-state index in [9.17, 15) is 14.7 Å². The second-order valence-electron chi connectivity index (χ2n) is 5.30. The quantitative estimate of drug-likeness (QED) is 0.878. The van der Waals surface area contributed by atoms with Gasteiger partial charge in [0.25, 0.3) is 0 Å². The number of aliphatic carboxylic acids is 1. The molecule has 1 saturated heterocycles. The van der Waals surface area contributed by atoms with Gasteiger partial charge in [0.2, 0.25) is 0 Å². The van der Waals surface area contributed by atoms with E-state index in [-0.39, 0.29) is 6.03 Å². The van der Waals surface area contributed by atoms with Gasteiger partial charge in [0, 0.05) is 25.5 Å². The third-order valence-electron chi connectivity index (χ3n) is 3.91. The van der Waals surface area contributed by atoms with Gasteiger partial charge in [0.15, 0.2) is 0 Å². The number of carboxylic acid groups (broad SMARTS) is 1. The van der Waals surface area contributed by atoms with Gasteiger partial charge in [-0.05, 0) is 43.9 Å². The molecular weight excluding hydrogens is 258 g/mol. The smallest absolute Gasteiger partial charge is 0.329 e. The number of nitrogens with zero attached hydrogens (tertiary/aromatic N) is 2. The summed E-state index contributed by atoms with van der Waals surface area (Å²) in [5.41, 5.74) is 0.872. The fourth-order valence-electron chi connectivity index (χ4n) is 2.48. The lowest BCUT2D eigenvalue weighted by molar-refractivity contribution is -0.147. The van der Waals surface area contributed by atoms with Crippen LogP contribution in [0.2, 0.25) is 0 Å². The topological polar surface area (TPSA) is 82.5 Å². The van der Waals surface area contributed by atoms with Crippen molar-refractivity contribution in [2.24, 2.45) is 0 Å². The number of amides is 2. The first kappa shape index (κ1) is 14.3. The van der Waals surface area contributed by atoms with Crippen LogP contribution in [0.1, 0.15) is 30.9 Å². The van der Waals surface area contributed by atoms with E-state index in [1.807, 2.05) is 13.0 Å². The molecule has 1 fully saturated rings. The summed E-state index contributed by atoms with van der Waals surface area (Å²) in [4.78, 5) is 28.9. The molecule has 20 heavy (non-hydrogen) atoms. The highest BCUT2D eigenvalue weighted by atomic mass is 16.4. The van der Waals surface area contributed by atoms with Crippen LogP contribution in [0.3, 0.4) is 0 Å². The second kappa shape index (κ2) is 5.48. The normalized spacial score (nSPS) is 21.8. The first-order valence-electron chi connectivity index (χ1n) is 6.63. The number of hydrogen-bond acceptors (Lipinski definition) is 3. The molecule has 1 atom stereocenters. The molecule has 1 unspecified atom stereocenters. The number of likely N-dealkylation sites (tertiary alicyclic amines) is 1. The van der Waals surface area contributed by atoms with Crippen molar-refractivity contribution in [2.75, 3.05) is 6.54 Å². The van der Waals surface area contributed by atoms with Crippen molar-refractivity contribution < 1.29 is 14.7 Å². The van der Waals surface area contributed by atoms with Gasteiger partial charge in [-0.2, -0.15) is 0 Å². The van der Waals surface area contributed by atoms with Crippen LogP contribution in [0.25, 0.3) is 0 Å². The lowest BCUT2D eigenvalue weighted by Gasteiger charge is -2.31. The minimum Gasteiger partial charge on any atom is -0.480 e. The van der Waals surface area contributed by atoms with E-state index in [1.165, 1.54) is 4.90 Å². The third kappa shape index (κ3) is 2.59. The Morgan fingerprint density at radius 3 is 2.95 bits per heavy atom. The predicted molar refractivity (Wildman–Crippen MR) is 73.2 cm³/mol.